The quantitative estimate of drug-likeness (QED) is 0.313. The van der Waals surface area contributed by atoms with Gasteiger partial charge < -0.3 is 20.3 Å². The lowest BCUT2D eigenvalue weighted by Crippen LogP contribution is -2.48. The molecule has 0 atom stereocenters. The van der Waals surface area contributed by atoms with Crippen LogP contribution in [0.4, 0.5) is 5.69 Å². The van der Waals surface area contributed by atoms with E-state index < -0.39 is 0 Å². The van der Waals surface area contributed by atoms with Crippen molar-refractivity contribution in [1.29, 1.82) is 0 Å². The highest BCUT2D eigenvalue weighted by Gasteiger charge is 2.35. The molecule has 0 saturated carbocycles. The van der Waals surface area contributed by atoms with E-state index in [1.807, 2.05) is 30.3 Å². The SMILES string of the molecule is COCCN1CCC(CNCc2cc(Cl)cc(Cl)c2)(c2ccc(-c3cccc(NC(C)=O)c3)cc2)CC1. The molecule has 1 fully saturated rings. The molecular formula is C30H35Cl2N3O2. The van der Waals surface area contributed by atoms with E-state index in [4.69, 9.17) is 27.9 Å². The van der Waals surface area contributed by atoms with Crippen molar-refractivity contribution in [2.24, 2.45) is 0 Å². The van der Waals surface area contributed by atoms with Gasteiger partial charge in [-0.1, -0.05) is 59.6 Å². The maximum atomic E-state index is 11.5. The first-order chi connectivity index (χ1) is 17.9. The zero-order valence-electron chi connectivity index (χ0n) is 21.5. The number of likely N-dealkylation sites (tertiary alicyclic amines) is 1. The number of benzene rings is 3. The van der Waals surface area contributed by atoms with Crippen LogP contribution >= 0.6 is 23.2 Å². The van der Waals surface area contributed by atoms with Crippen LogP contribution in [-0.2, 0) is 21.5 Å². The Morgan fingerprint density at radius 1 is 0.973 bits per heavy atom. The number of anilines is 1. The number of amides is 1. The monoisotopic (exact) mass is 539 g/mol. The molecule has 196 valence electrons. The number of methoxy groups -OCH3 is 1. The number of nitrogens with one attached hydrogen (secondary N) is 2. The van der Waals surface area contributed by atoms with Crippen molar-refractivity contribution in [3.05, 3.63) is 87.9 Å². The molecule has 0 radical (unpaired) electrons. The predicted octanol–water partition coefficient (Wildman–Crippen LogP) is 6.39. The summed E-state index contributed by atoms with van der Waals surface area (Å²) in [7, 11) is 1.76. The topological polar surface area (TPSA) is 53.6 Å². The predicted molar refractivity (Wildman–Crippen MR) is 154 cm³/mol. The van der Waals surface area contributed by atoms with Crippen LogP contribution in [0.25, 0.3) is 11.1 Å². The molecule has 0 bridgehead atoms. The van der Waals surface area contributed by atoms with E-state index in [1.165, 1.54) is 12.5 Å². The number of ether oxygens (including phenoxy) is 1. The normalized spacial score (nSPS) is 15.5. The molecule has 5 nitrogen and oxygen atoms in total. The van der Waals surface area contributed by atoms with Crippen LogP contribution in [0.5, 0.6) is 0 Å². The smallest absolute Gasteiger partial charge is 0.221 e. The van der Waals surface area contributed by atoms with Crippen molar-refractivity contribution in [2.75, 3.05) is 45.2 Å². The van der Waals surface area contributed by atoms with Crippen LogP contribution in [0.2, 0.25) is 10.0 Å². The molecule has 37 heavy (non-hydrogen) atoms. The van der Waals surface area contributed by atoms with Crippen molar-refractivity contribution in [3.8, 4) is 11.1 Å². The van der Waals surface area contributed by atoms with Crippen LogP contribution in [0, 0.1) is 0 Å². The van der Waals surface area contributed by atoms with E-state index in [0.717, 1.165) is 68.0 Å². The van der Waals surface area contributed by atoms with Gasteiger partial charge in [0.1, 0.15) is 0 Å². The molecule has 2 N–H and O–H groups in total. The molecule has 3 aromatic rings. The zero-order chi connectivity index (χ0) is 26.3. The van der Waals surface area contributed by atoms with Crippen LogP contribution in [0.3, 0.4) is 0 Å². The largest absolute Gasteiger partial charge is 0.383 e. The third-order valence-electron chi connectivity index (χ3n) is 7.15. The molecule has 0 spiro atoms. The summed E-state index contributed by atoms with van der Waals surface area (Å²) in [6.07, 6.45) is 2.13. The lowest BCUT2D eigenvalue weighted by Gasteiger charge is -2.42. The van der Waals surface area contributed by atoms with Gasteiger partial charge in [-0.15, -0.1) is 0 Å². The molecule has 3 aromatic carbocycles. The van der Waals surface area contributed by atoms with Gasteiger partial charge in [-0.2, -0.15) is 0 Å². The third-order valence-corrected chi connectivity index (χ3v) is 7.59. The Balaban J connectivity index is 1.52. The second-order valence-electron chi connectivity index (χ2n) is 9.84. The van der Waals surface area contributed by atoms with E-state index in [-0.39, 0.29) is 11.3 Å². The van der Waals surface area contributed by atoms with E-state index in [0.29, 0.717) is 16.6 Å². The summed E-state index contributed by atoms with van der Waals surface area (Å²) < 4.78 is 5.30. The van der Waals surface area contributed by atoms with Gasteiger partial charge in [-0.05, 0) is 78.5 Å². The highest BCUT2D eigenvalue weighted by Crippen LogP contribution is 2.36. The fraction of sp³-hybridized carbons (Fsp3) is 0.367. The molecular weight excluding hydrogens is 505 g/mol. The first kappa shape index (κ1) is 27.6. The molecule has 1 heterocycles. The number of rotatable bonds is 10. The van der Waals surface area contributed by atoms with Crippen molar-refractivity contribution < 1.29 is 9.53 Å². The second kappa shape index (κ2) is 12.9. The van der Waals surface area contributed by atoms with Gasteiger partial charge in [0, 0.05) is 54.8 Å². The van der Waals surface area contributed by atoms with Gasteiger partial charge in [-0.3, -0.25) is 4.79 Å². The van der Waals surface area contributed by atoms with Crippen LogP contribution < -0.4 is 10.6 Å². The summed E-state index contributed by atoms with van der Waals surface area (Å²) in [6, 6.07) is 22.6. The minimum atomic E-state index is -0.0705. The van der Waals surface area contributed by atoms with Gasteiger partial charge in [0.15, 0.2) is 0 Å². The number of carbonyl (C=O) groups excluding carboxylic acids is 1. The lowest BCUT2D eigenvalue weighted by atomic mass is 9.72. The van der Waals surface area contributed by atoms with Gasteiger partial charge in [-0.25, -0.2) is 0 Å². The van der Waals surface area contributed by atoms with E-state index in [1.54, 1.807) is 13.2 Å². The Labute approximate surface area is 230 Å². The molecule has 7 heteroatoms. The van der Waals surface area contributed by atoms with E-state index in [9.17, 15) is 4.79 Å². The Morgan fingerprint density at radius 3 is 2.32 bits per heavy atom. The van der Waals surface area contributed by atoms with Crippen LogP contribution in [-0.4, -0.2) is 50.7 Å². The molecule has 0 aliphatic carbocycles. The minimum Gasteiger partial charge on any atom is -0.383 e. The maximum absolute atomic E-state index is 11.5. The van der Waals surface area contributed by atoms with Crippen molar-refractivity contribution in [1.82, 2.24) is 10.2 Å². The Bertz CT molecular complexity index is 1170. The minimum absolute atomic E-state index is 0.0303. The van der Waals surface area contributed by atoms with Crippen LogP contribution in [0.15, 0.2) is 66.7 Å². The number of halogens is 2. The van der Waals surface area contributed by atoms with Gasteiger partial charge >= 0.3 is 0 Å². The number of piperidine rings is 1. The number of nitrogens with zero attached hydrogens (tertiary/aromatic N) is 1. The summed E-state index contributed by atoms with van der Waals surface area (Å²) in [4.78, 5) is 14.0. The molecule has 0 aromatic heterocycles. The molecule has 1 aliphatic rings. The zero-order valence-corrected chi connectivity index (χ0v) is 23.0. The van der Waals surface area contributed by atoms with Crippen LogP contribution in [0.1, 0.15) is 30.9 Å². The van der Waals surface area contributed by atoms with Crippen molar-refractivity contribution in [3.63, 3.8) is 0 Å². The summed E-state index contributed by atoms with van der Waals surface area (Å²) >= 11 is 12.4. The summed E-state index contributed by atoms with van der Waals surface area (Å²) in [6.45, 7) is 6.90. The standard InChI is InChI=1S/C30H35Cl2N3O2/c1-22(36)34-29-5-3-4-25(18-29)24-6-8-26(9-7-24)30(10-12-35(13-11-30)14-15-37-2)21-33-20-23-16-27(31)19-28(32)17-23/h3-9,16-19,33H,10-15,20-21H2,1-2H3,(H,34,36). The third kappa shape index (κ3) is 7.56. The van der Waals surface area contributed by atoms with Gasteiger partial charge in [0.2, 0.25) is 5.91 Å². The van der Waals surface area contributed by atoms with E-state index in [2.05, 4.69) is 45.9 Å². The highest BCUT2D eigenvalue weighted by atomic mass is 35.5. The average Bonchev–Trinajstić information content (AvgIpc) is 2.87. The maximum Gasteiger partial charge on any atom is 0.221 e. The number of carbonyl (C=O) groups is 1. The number of hydrogen-bond donors (Lipinski definition) is 2. The highest BCUT2D eigenvalue weighted by molar-refractivity contribution is 6.34. The summed E-state index contributed by atoms with van der Waals surface area (Å²) in [5, 5.41) is 7.88. The van der Waals surface area contributed by atoms with E-state index >= 15 is 0 Å². The summed E-state index contributed by atoms with van der Waals surface area (Å²) in [5.74, 6) is -0.0705. The molecule has 0 unspecified atom stereocenters. The van der Waals surface area contributed by atoms with Crippen molar-refractivity contribution in [2.45, 2.75) is 31.7 Å². The average molecular weight is 541 g/mol. The molecule has 1 amide bonds. The van der Waals surface area contributed by atoms with Crippen molar-refractivity contribution >= 4 is 34.8 Å². The second-order valence-corrected chi connectivity index (χ2v) is 10.7. The first-order valence-electron chi connectivity index (χ1n) is 12.7. The van der Waals surface area contributed by atoms with Gasteiger partial charge in [0.25, 0.3) is 0 Å². The molecule has 1 aliphatic heterocycles. The fourth-order valence-electron chi connectivity index (χ4n) is 5.15. The first-order valence-corrected chi connectivity index (χ1v) is 13.5. The lowest BCUT2D eigenvalue weighted by molar-refractivity contribution is -0.114. The Hall–Kier alpha value is -2.41. The number of hydrogen-bond acceptors (Lipinski definition) is 4. The Morgan fingerprint density at radius 2 is 1.68 bits per heavy atom. The fourth-order valence-corrected chi connectivity index (χ4v) is 5.72. The molecule has 1 saturated heterocycles. The van der Waals surface area contributed by atoms with Gasteiger partial charge in [0.05, 0.1) is 6.61 Å². The molecule has 4 rings (SSSR count). The Kier molecular flexibility index (Phi) is 9.63. The summed E-state index contributed by atoms with van der Waals surface area (Å²) in [5.41, 5.74) is 5.47.